The Morgan fingerprint density at radius 2 is 1.81 bits per heavy atom. The predicted octanol–water partition coefficient (Wildman–Crippen LogP) is 2.05. The van der Waals surface area contributed by atoms with Crippen molar-refractivity contribution in [2.75, 3.05) is 31.1 Å². The number of amides is 2. The lowest BCUT2D eigenvalue weighted by Gasteiger charge is -2.34. The Bertz CT molecular complexity index is 936. The highest BCUT2D eigenvalue weighted by Gasteiger charge is 2.32. The largest absolute Gasteiger partial charge is 0.445 e. The molecule has 3 heterocycles. The monoisotopic (exact) mass is 440 g/mol. The molecule has 0 aromatic carbocycles. The summed E-state index contributed by atoms with van der Waals surface area (Å²) < 4.78 is 44.7. The maximum absolute atomic E-state index is 12.9. The summed E-state index contributed by atoms with van der Waals surface area (Å²) in [6.45, 7) is 5.48. The van der Waals surface area contributed by atoms with Gasteiger partial charge in [0.2, 0.25) is 5.95 Å². The van der Waals surface area contributed by atoms with E-state index in [1.54, 1.807) is 29.0 Å². The molecule has 0 bridgehead atoms. The molecule has 9 nitrogen and oxygen atoms in total. The van der Waals surface area contributed by atoms with Crippen LogP contribution in [0, 0.1) is 6.92 Å². The molecule has 1 aliphatic rings. The van der Waals surface area contributed by atoms with Crippen LogP contribution in [0.1, 0.15) is 28.5 Å². The van der Waals surface area contributed by atoms with Crippen LogP contribution in [-0.4, -0.2) is 63.7 Å². The third-order valence-corrected chi connectivity index (χ3v) is 4.95. The summed E-state index contributed by atoms with van der Waals surface area (Å²) in [6, 6.07) is 1.75. The molecule has 2 aromatic rings. The summed E-state index contributed by atoms with van der Waals surface area (Å²) in [5.41, 5.74) is 5.46. The van der Waals surface area contributed by atoms with Crippen molar-refractivity contribution in [3.8, 4) is 0 Å². The first kappa shape index (κ1) is 22.4. The Labute approximate surface area is 176 Å². The molecule has 168 valence electrons. The number of ether oxygens (including phenoxy) is 1. The minimum Gasteiger partial charge on any atom is -0.445 e. The summed E-state index contributed by atoms with van der Waals surface area (Å²) in [5.74, 6) is 0.0452. The smallest absolute Gasteiger partial charge is 0.419 e. The molecule has 1 atom stereocenters. The lowest BCUT2D eigenvalue weighted by Crippen LogP contribution is -2.49. The zero-order chi connectivity index (χ0) is 22.8. The second kappa shape index (κ2) is 8.82. The molecule has 1 fully saturated rings. The van der Waals surface area contributed by atoms with Crippen LogP contribution in [-0.2, 0) is 17.5 Å². The number of rotatable bonds is 5. The molecule has 2 amide bonds. The zero-order valence-electron chi connectivity index (χ0n) is 17.1. The van der Waals surface area contributed by atoms with Gasteiger partial charge < -0.3 is 24.8 Å². The number of carbonyl (C=O) groups excluding carboxylic acids is 2. The molecule has 2 N–H and O–H groups in total. The van der Waals surface area contributed by atoms with Crippen LogP contribution in [0.15, 0.2) is 24.7 Å². The van der Waals surface area contributed by atoms with E-state index in [9.17, 15) is 22.8 Å². The average Bonchev–Trinajstić information content (AvgIpc) is 3.06. The van der Waals surface area contributed by atoms with Gasteiger partial charge in [0.1, 0.15) is 6.10 Å². The lowest BCUT2D eigenvalue weighted by molar-refractivity contribution is -0.138. The fourth-order valence-corrected chi connectivity index (χ4v) is 3.36. The number of aryl methyl sites for hydroxylation is 1. The Morgan fingerprint density at radius 3 is 2.35 bits per heavy atom. The van der Waals surface area contributed by atoms with Gasteiger partial charge >= 0.3 is 12.3 Å². The molecule has 1 aliphatic heterocycles. The van der Waals surface area contributed by atoms with E-state index in [2.05, 4.69) is 9.97 Å². The maximum Gasteiger partial charge on any atom is 0.419 e. The Kier molecular flexibility index (Phi) is 6.37. The van der Waals surface area contributed by atoms with E-state index in [4.69, 9.17) is 10.5 Å². The summed E-state index contributed by atoms with van der Waals surface area (Å²) in [4.78, 5) is 34.7. The second-order valence-electron chi connectivity index (χ2n) is 7.32. The number of primary amides is 1. The van der Waals surface area contributed by atoms with Crippen molar-refractivity contribution in [1.29, 1.82) is 0 Å². The molecule has 0 aliphatic carbocycles. The highest BCUT2D eigenvalue weighted by atomic mass is 19.4. The molecule has 1 saturated heterocycles. The number of nitrogens with two attached hydrogens (primary N) is 1. The predicted molar refractivity (Wildman–Crippen MR) is 104 cm³/mol. The topological polar surface area (TPSA) is 107 Å². The van der Waals surface area contributed by atoms with Crippen molar-refractivity contribution in [2.45, 2.75) is 32.7 Å². The first-order valence-corrected chi connectivity index (χ1v) is 9.61. The van der Waals surface area contributed by atoms with Gasteiger partial charge in [0.05, 0.1) is 17.7 Å². The number of piperazine rings is 1. The zero-order valence-corrected chi connectivity index (χ0v) is 17.1. The minimum atomic E-state index is -4.48. The van der Waals surface area contributed by atoms with Gasteiger partial charge in [-0.05, 0) is 19.9 Å². The number of hydrogen-bond acceptors (Lipinski definition) is 6. The van der Waals surface area contributed by atoms with E-state index < -0.39 is 23.9 Å². The van der Waals surface area contributed by atoms with Crippen molar-refractivity contribution in [1.82, 2.24) is 19.4 Å². The van der Waals surface area contributed by atoms with Crippen molar-refractivity contribution in [3.63, 3.8) is 0 Å². The molecule has 1 unspecified atom stereocenters. The molecule has 0 spiro atoms. The van der Waals surface area contributed by atoms with Crippen molar-refractivity contribution in [3.05, 3.63) is 41.5 Å². The van der Waals surface area contributed by atoms with Crippen LogP contribution < -0.4 is 10.6 Å². The fraction of sp³-hybridized carbons (Fsp3) is 0.474. The van der Waals surface area contributed by atoms with Gasteiger partial charge in [-0.15, -0.1) is 0 Å². The SMILES string of the molecule is Cc1cc(C(=O)N2CCN(c3ncc(C(F)(F)F)cn3)CC2)cn1CC(C)OC(N)=O. The minimum absolute atomic E-state index is 0.154. The van der Waals surface area contributed by atoms with Gasteiger partial charge in [-0.3, -0.25) is 4.79 Å². The van der Waals surface area contributed by atoms with E-state index >= 15 is 0 Å². The highest BCUT2D eigenvalue weighted by molar-refractivity contribution is 5.94. The van der Waals surface area contributed by atoms with E-state index in [1.807, 2.05) is 11.5 Å². The van der Waals surface area contributed by atoms with Crippen molar-refractivity contribution in [2.24, 2.45) is 5.73 Å². The van der Waals surface area contributed by atoms with Crippen LogP contribution in [0.4, 0.5) is 23.9 Å². The number of carbonyl (C=O) groups is 2. The normalized spacial score (nSPS) is 15.6. The van der Waals surface area contributed by atoms with Crippen LogP contribution in [0.3, 0.4) is 0 Å². The summed E-state index contributed by atoms with van der Waals surface area (Å²) in [7, 11) is 0. The Morgan fingerprint density at radius 1 is 1.19 bits per heavy atom. The fourth-order valence-electron chi connectivity index (χ4n) is 3.36. The van der Waals surface area contributed by atoms with E-state index in [0.29, 0.717) is 38.3 Å². The van der Waals surface area contributed by atoms with Crippen molar-refractivity contribution >= 4 is 17.9 Å². The number of anilines is 1. The highest BCUT2D eigenvalue weighted by Crippen LogP contribution is 2.28. The molecule has 0 saturated carbocycles. The first-order chi connectivity index (χ1) is 14.5. The van der Waals surface area contributed by atoms with Crippen LogP contribution in [0.25, 0.3) is 0 Å². The Balaban J connectivity index is 1.59. The number of hydrogen-bond donors (Lipinski definition) is 1. The molecular formula is C19H23F3N6O3. The third-order valence-electron chi connectivity index (χ3n) is 4.95. The van der Waals surface area contributed by atoms with Gasteiger partial charge in [0, 0.05) is 50.5 Å². The number of nitrogens with zero attached hydrogens (tertiary/aromatic N) is 5. The number of aromatic nitrogens is 3. The number of alkyl halides is 3. The Hall–Kier alpha value is -3.31. The lowest BCUT2D eigenvalue weighted by atomic mass is 10.2. The third kappa shape index (κ3) is 5.44. The van der Waals surface area contributed by atoms with Gasteiger partial charge in [-0.1, -0.05) is 0 Å². The van der Waals surface area contributed by atoms with Gasteiger partial charge in [0.15, 0.2) is 0 Å². The average molecular weight is 440 g/mol. The number of halogens is 3. The van der Waals surface area contributed by atoms with Crippen LogP contribution in [0.5, 0.6) is 0 Å². The second-order valence-corrected chi connectivity index (χ2v) is 7.32. The van der Waals surface area contributed by atoms with Crippen molar-refractivity contribution < 1.29 is 27.5 Å². The molecule has 2 aromatic heterocycles. The summed E-state index contributed by atoms with van der Waals surface area (Å²) in [5, 5.41) is 0. The van der Waals surface area contributed by atoms with Crippen LogP contribution in [0.2, 0.25) is 0 Å². The van der Waals surface area contributed by atoms with E-state index in [0.717, 1.165) is 18.1 Å². The maximum atomic E-state index is 12.9. The van der Waals surface area contributed by atoms with Gasteiger partial charge in [-0.25, -0.2) is 14.8 Å². The molecular weight excluding hydrogens is 417 g/mol. The molecule has 31 heavy (non-hydrogen) atoms. The standard InChI is InChI=1S/C19H23F3N6O3/c1-12-7-14(11-28(12)10-13(2)31-17(23)30)16(29)26-3-5-27(6-4-26)18-24-8-15(9-25-18)19(20,21)22/h7-9,11,13H,3-6,10H2,1-2H3,(H2,23,30). The van der Waals surface area contributed by atoms with E-state index in [-0.39, 0.29) is 11.9 Å². The van der Waals surface area contributed by atoms with E-state index in [1.165, 1.54) is 0 Å². The molecule has 12 heteroatoms. The summed E-state index contributed by atoms with van der Waals surface area (Å²) >= 11 is 0. The first-order valence-electron chi connectivity index (χ1n) is 9.61. The summed E-state index contributed by atoms with van der Waals surface area (Å²) in [6.07, 6.45) is -2.57. The molecule has 0 radical (unpaired) electrons. The van der Waals surface area contributed by atoms with Crippen LogP contribution >= 0.6 is 0 Å². The van der Waals surface area contributed by atoms with Gasteiger partial charge in [-0.2, -0.15) is 13.2 Å². The van der Waals surface area contributed by atoms with Gasteiger partial charge in [0.25, 0.3) is 5.91 Å². The molecule has 3 rings (SSSR count). The quantitative estimate of drug-likeness (QED) is 0.763.